The van der Waals surface area contributed by atoms with Crippen LogP contribution in [0.4, 0.5) is 0 Å². The molecule has 2 aromatic heterocycles. The van der Waals surface area contributed by atoms with E-state index in [1.165, 1.54) is 11.3 Å². The largest absolute Gasteiger partial charge is 0.285 e. The number of hydrogen-bond donors (Lipinski definition) is 1. The Morgan fingerprint density at radius 3 is 2.71 bits per heavy atom. The predicted octanol–water partition coefficient (Wildman–Crippen LogP) is 1.91. The number of aryl methyl sites for hydroxylation is 2. The third-order valence-corrected chi connectivity index (χ3v) is 2.47. The zero-order chi connectivity index (χ0) is 10.1. The SMILES string of the molecule is CCn1nc(C)c(-c2cn[nH]c2)c1C. The van der Waals surface area contributed by atoms with Crippen LogP contribution in [0.5, 0.6) is 0 Å². The van der Waals surface area contributed by atoms with E-state index < -0.39 is 0 Å². The molecule has 2 aromatic rings. The lowest BCUT2D eigenvalue weighted by molar-refractivity contribution is 0.634. The summed E-state index contributed by atoms with van der Waals surface area (Å²) in [5.41, 5.74) is 4.57. The summed E-state index contributed by atoms with van der Waals surface area (Å²) in [5.74, 6) is 0. The molecule has 1 N–H and O–H groups in total. The van der Waals surface area contributed by atoms with Gasteiger partial charge < -0.3 is 0 Å². The minimum Gasteiger partial charge on any atom is -0.285 e. The van der Waals surface area contributed by atoms with Crippen molar-refractivity contribution in [1.82, 2.24) is 20.0 Å². The number of hydrogen-bond acceptors (Lipinski definition) is 2. The van der Waals surface area contributed by atoms with Gasteiger partial charge in [-0.3, -0.25) is 9.78 Å². The van der Waals surface area contributed by atoms with Gasteiger partial charge in [0.2, 0.25) is 0 Å². The number of H-pyrrole nitrogens is 1. The minimum absolute atomic E-state index is 0.907. The summed E-state index contributed by atoms with van der Waals surface area (Å²) < 4.78 is 2.01. The summed E-state index contributed by atoms with van der Waals surface area (Å²) in [4.78, 5) is 0. The minimum atomic E-state index is 0.907. The standard InChI is InChI=1S/C10H14N4/c1-4-14-8(3)10(7(2)13-14)9-5-11-12-6-9/h5-6H,4H2,1-3H3,(H,11,12). The van der Waals surface area contributed by atoms with Gasteiger partial charge in [-0.05, 0) is 20.8 Å². The Morgan fingerprint density at radius 1 is 1.43 bits per heavy atom. The molecule has 0 fully saturated rings. The average molecular weight is 190 g/mol. The Morgan fingerprint density at radius 2 is 2.21 bits per heavy atom. The molecule has 0 atom stereocenters. The summed E-state index contributed by atoms with van der Waals surface area (Å²) in [6.45, 7) is 7.12. The van der Waals surface area contributed by atoms with E-state index >= 15 is 0 Å². The van der Waals surface area contributed by atoms with E-state index in [1.54, 1.807) is 0 Å². The molecule has 0 spiro atoms. The van der Waals surface area contributed by atoms with Crippen LogP contribution < -0.4 is 0 Å². The Labute approximate surface area is 83.0 Å². The maximum atomic E-state index is 4.46. The van der Waals surface area contributed by atoms with Gasteiger partial charge in [0.1, 0.15) is 0 Å². The number of aromatic amines is 1. The van der Waals surface area contributed by atoms with Crippen molar-refractivity contribution in [2.24, 2.45) is 0 Å². The third-order valence-electron chi connectivity index (χ3n) is 2.47. The molecule has 0 aliphatic rings. The number of nitrogens with zero attached hydrogens (tertiary/aromatic N) is 3. The molecule has 0 unspecified atom stereocenters. The van der Waals surface area contributed by atoms with Crippen LogP contribution >= 0.6 is 0 Å². The first-order valence-corrected chi connectivity index (χ1v) is 4.77. The van der Waals surface area contributed by atoms with E-state index in [4.69, 9.17) is 0 Å². The van der Waals surface area contributed by atoms with Crippen LogP contribution in [-0.2, 0) is 6.54 Å². The number of rotatable bonds is 2. The second-order valence-electron chi connectivity index (χ2n) is 3.35. The smallest absolute Gasteiger partial charge is 0.0676 e. The van der Waals surface area contributed by atoms with Crippen molar-refractivity contribution in [3.05, 3.63) is 23.8 Å². The molecule has 74 valence electrons. The van der Waals surface area contributed by atoms with Crippen molar-refractivity contribution >= 4 is 0 Å². The van der Waals surface area contributed by atoms with Gasteiger partial charge in [0.05, 0.1) is 11.9 Å². The fourth-order valence-electron chi connectivity index (χ4n) is 1.81. The molecule has 4 heteroatoms. The Bertz CT molecular complexity index is 425. The number of aromatic nitrogens is 4. The van der Waals surface area contributed by atoms with E-state index in [0.717, 1.165) is 17.8 Å². The first kappa shape index (κ1) is 8.99. The molecule has 14 heavy (non-hydrogen) atoms. The summed E-state index contributed by atoms with van der Waals surface area (Å²) in [6, 6.07) is 0. The molecule has 0 saturated heterocycles. The third kappa shape index (κ3) is 1.23. The molecular weight excluding hydrogens is 176 g/mol. The summed E-state index contributed by atoms with van der Waals surface area (Å²) in [5, 5.41) is 11.2. The summed E-state index contributed by atoms with van der Waals surface area (Å²) >= 11 is 0. The molecule has 0 aliphatic heterocycles. The summed E-state index contributed by atoms with van der Waals surface area (Å²) in [6.07, 6.45) is 3.73. The lowest BCUT2D eigenvalue weighted by Gasteiger charge is -1.99. The lowest BCUT2D eigenvalue weighted by Crippen LogP contribution is -1.98. The highest BCUT2D eigenvalue weighted by molar-refractivity contribution is 5.66. The number of nitrogens with one attached hydrogen (secondary N) is 1. The van der Waals surface area contributed by atoms with Gasteiger partial charge in [-0.15, -0.1) is 0 Å². The van der Waals surface area contributed by atoms with Crippen LogP contribution in [0.25, 0.3) is 11.1 Å². The monoisotopic (exact) mass is 190 g/mol. The van der Waals surface area contributed by atoms with Crippen molar-refractivity contribution < 1.29 is 0 Å². The van der Waals surface area contributed by atoms with Crippen LogP contribution in [0.2, 0.25) is 0 Å². The van der Waals surface area contributed by atoms with Gasteiger partial charge in [0, 0.05) is 29.6 Å². The highest BCUT2D eigenvalue weighted by atomic mass is 15.3. The van der Waals surface area contributed by atoms with Crippen molar-refractivity contribution in [3.8, 4) is 11.1 Å². The summed E-state index contributed by atoms with van der Waals surface area (Å²) in [7, 11) is 0. The molecule has 0 amide bonds. The zero-order valence-corrected chi connectivity index (χ0v) is 8.70. The maximum absolute atomic E-state index is 4.46. The second-order valence-corrected chi connectivity index (χ2v) is 3.35. The highest BCUT2D eigenvalue weighted by Crippen LogP contribution is 2.25. The highest BCUT2D eigenvalue weighted by Gasteiger charge is 2.12. The first-order valence-electron chi connectivity index (χ1n) is 4.77. The molecule has 2 rings (SSSR count). The Balaban J connectivity index is 2.58. The predicted molar refractivity (Wildman–Crippen MR) is 55.0 cm³/mol. The van der Waals surface area contributed by atoms with Crippen LogP contribution in [0.1, 0.15) is 18.3 Å². The van der Waals surface area contributed by atoms with Crippen molar-refractivity contribution in [3.63, 3.8) is 0 Å². The normalized spacial score (nSPS) is 10.8. The molecular formula is C10H14N4. The Kier molecular flexibility index (Phi) is 2.11. The average Bonchev–Trinajstić information content (AvgIpc) is 2.74. The van der Waals surface area contributed by atoms with Crippen molar-refractivity contribution in [2.45, 2.75) is 27.3 Å². The van der Waals surface area contributed by atoms with Crippen LogP contribution in [0.3, 0.4) is 0 Å². The maximum Gasteiger partial charge on any atom is 0.0676 e. The molecule has 0 bridgehead atoms. The first-order chi connectivity index (χ1) is 6.74. The van der Waals surface area contributed by atoms with Gasteiger partial charge in [-0.25, -0.2) is 0 Å². The second kappa shape index (κ2) is 3.29. The molecule has 4 nitrogen and oxygen atoms in total. The lowest BCUT2D eigenvalue weighted by atomic mass is 10.1. The molecule has 0 radical (unpaired) electrons. The van der Waals surface area contributed by atoms with Crippen molar-refractivity contribution in [1.29, 1.82) is 0 Å². The zero-order valence-electron chi connectivity index (χ0n) is 8.70. The quantitative estimate of drug-likeness (QED) is 0.786. The van der Waals surface area contributed by atoms with Crippen LogP contribution in [0, 0.1) is 13.8 Å². The molecule has 0 saturated carbocycles. The molecule has 2 heterocycles. The van der Waals surface area contributed by atoms with Gasteiger partial charge in [-0.1, -0.05) is 0 Å². The van der Waals surface area contributed by atoms with Gasteiger partial charge in [0.25, 0.3) is 0 Å². The molecule has 0 aromatic carbocycles. The Hall–Kier alpha value is -1.58. The van der Waals surface area contributed by atoms with Gasteiger partial charge in [0.15, 0.2) is 0 Å². The van der Waals surface area contributed by atoms with Gasteiger partial charge in [-0.2, -0.15) is 10.2 Å². The van der Waals surface area contributed by atoms with E-state index in [1.807, 2.05) is 24.0 Å². The van der Waals surface area contributed by atoms with Crippen molar-refractivity contribution in [2.75, 3.05) is 0 Å². The van der Waals surface area contributed by atoms with Gasteiger partial charge >= 0.3 is 0 Å². The van der Waals surface area contributed by atoms with E-state index in [2.05, 4.69) is 29.1 Å². The topological polar surface area (TPSA) is 46.5 Å². The van der Waals surface area contributed by atoms with E-state index in [9.17, 15) is 0 Å². The van der Waals surface area contributed by atoms with Crippen LogP contribution in [-0.4, -0.2) is 20.0 Å². The molecule has 0 aliphatic carbocycles. The van der Waals surface area contributed by atoms with Crippen LogP contribution in [0.15, 0.2) is 12.4 Å². The fraction of sp³-hybridized carbons (Fsp3) is 0.400. The van der Waals surface area contributed by atoms with E-state index in [-0.39, 0.29) is 0 Å². The van der Waals surface area contributed by atoms with E-state index in [0.29, 0.717) is 0 Å². The fourth-order valence-corrected chi connectivity index (χ4v) is 1.81.